The van der Waals surface area contributed by atoms with Gasteiger partial charge in [0.1, 0.15) is 0 Å². The van der Waals surface area contributed by atoms with Crippen LogP contribution in [-0.2, 0) is 0 Å². The van der Waals surface area contributed by atoms with Crippen LogP contribution in [0.1, 0.15) is 6.92 Å². The van der Waals surface area contributed by atoms with Gasteiger partial charge in [-0.2, -0.15) is 15.0 Å². The number of aromatic nitrogens is 3. The van der Waals surface area contributed by atoms with E-state index in [1.807, 2.05) is 6.92 Å². The number of hydrogen-bond acceptors (Lipinski definition) is 7. The summed E-state index contributed by atoms with van der Waals surface area (Å²) in [4.78, 5) is 21.9. The first-order valence-electron chi connectivity index (χ1n) is 5.77. The predicted octanol–water partition coefficient (Wildman–Crippen LogP) is 3.31. The van der Waals surface area contributed by atoms with Crippen molar-refractivity contribution < 1.29 is 9.66 Å². The maximum absolute atomic E-state index is 11.0. The zero-order valence-corrected chi connectivity index (χ0v) is 12.2. The summed E-state index contributed by atoms with van der Waals surface area (Å²) >= 11 is 11.5. The summed E-state index contributed by atoms with van der Waals surface area (Å²) in [6.07, 6.45) is 0. The van der Waals surface area contributed by atoms with Gasteiger partial charge in [-0.05, 0) is 24.6 Å². The maximum Gasteiger partial charge on any atom is 0.328 e. The van der Waals surface area contributed by atoms with Crippen molar-refractivity contribution in [2.24, 2.45) is 0 Å². The third kappa shape index (κ3) is 3.89. The highest BCUT2D eigenvalue weighted by atomic mass is 35.5. The van der Waals surface area contributed by atoms with E-state index in [9.17, 15) is 10.1 Å². The molecule has 0 aliphatic rings. The third-order valence-electron chi connectivity index (χ3n) is 2.24. The van der Waals surface area contributed by atoms with Gasteiger partial charge in [0, 0.05) is 23.7 Å². The van der Waals surface area contributed by atoms with Crippen LogP contribution in [0, 0.1) is 10.1 Å². The molecule has 110 valence electrons. The van der Waals surface area contributed by atoms with E-state index in [1.54, 1.807) is 0 Å². The summed E-state index contributed by atoms with van der Waals surface area (Å²) in [5.41, 5.74) is -0.263. The number of rotatable bonds is 5. The molecule has 1 aromatic heterocycles. The summed E-state index contributed by atoms with van der Waals surface area (Å²) in [5.74, 6) is 0.120. The molecule has 0 saturated heterocycles. The van der Waals surface area contributed by atoms with Gasteiger partial charge < -0.3 is 10.1 Å². The lowest BCUT2D eigenvalue weighted by molar-refractivity contribution is -0.385. The number of nitro benzene ring substituents is 1. The van der Waals surface area contributed by atoms with Crippen LogP contribution in [0.25, 0.3) is 0 Å². The van der Waals surface area contributed by atoms with E-state index in [1.165, 1.54) is 18.2 Å². The van der Waals surface area contributed by atoms with Crippen molar-refractivity contribution in [2.45, 2.75) is 6.92 Å². The van der Waals surface area contributed by atoms with Crippen LogP contribution in [0.5, 0.6) is 11.8 Å². The van der Waals surface area contributed by atoms with Crippen LogP contribution in [-0.4, -0.2) is 26.4 Å². The number of ether oxygens (including phenoxy) is 1. The number of benzene rings is 1. The number of nitro groups is 1. The predicted molar refractivity (Wildman–Crippen MR) is 77.2 cm³/mol. The molecule has 0 fully saturated rings. The Balaban J connectivity index is 2.37. The molecular formula is C11H9Cl2N5O3. The standard InChI is InChI=1S/C11H9Cl2N5O3/c1-2-14-10-15-9(13)16-11(17-10)21-8-5-6(12)3-4-7(8)18(19)20/h3-5H,2H2,1H3,(H,14,15,16,17). The van der Waals surface area contributed by atoms with Crippen LogP contribution in [0.15, 0.2) is 18.2 Å². The number of halogens is 2. The molecule has 0 aliphatic carbocycles. The minimum absolute atomic E-state index is 0.0859. The first-order valence-corrected chi connectivity index (χ1v) is 6.52. The third-order valence-corrected chi connectivity index (χ3v) is 2.65. The molecule has 10 heteroatoms. The quantitative estimate of drug-likeness (QED) is 0.662. The highest BCUT2D eigenvalue weighted by Crippen LogP contribution is 2.32. The molecule has 1 aromatic carbocycles. The van der Waals surface area contributed by atoms with Crippen LogP contribution in [0.3, 0.4) is 0 Å². The van der Waals surface area contributed by atoms with Crippen LogP contribution in [0.4, 0.5) is 11.6 Å². The minimum Gasteiger partial charge on any atom is -0.417 e. The van der Waals surface area contributed by atoms with E-state index in [0.717, 1.165) is 0 Å². The highest BCUT2D eigenvalue weighted by Gasteiger charge is 2.18. The van der Waals surface area contributed by atoms with E-state index < -0.39 is 4.92 Å². The number of nitrogens with one attached hydrogen (secondary N) is 1. The summed E-state index contributed by atoms with van der Waals surface area (Å²) < 4.78 is 5.31. The van der Waals surface area contributed by atoms with Gasteiger partial charge in [0.25, 0.3) is 0 Å². The molecule has 0 saturated carbocycles. The van der Waals surface area contributed by atoms with Crippen LogP contribution >= 0.6 is 23.2 Å². The van der Waals surface area contributed by atoms with E-state index in [4.69, 9.17) is 27.9 Å². The van der Waals surface area contributed by atoms with Gasteiger partial charge in [-0.1, -0.05) is 11.6 Å². The Labute approximate surface area is 129 Å². The van der Waals surface area contributed by atoms with E-state index in [0.29, 0.717) is 6.54 Å². The average Bonchev–Trinajstić information content (AvgIpc) is 2.38. The van der Waals surface area contributed by atoms with Gasteiger partial charge in [0.15, 0.2) is 0 Å². The normalized spacial score (nSPS) is 10.2. The summed E-state index contributed by atoms with van der Waals surface area (Å²) in [5, 5.41) is 14.0. The lowest BCUT2D eigenvalue weighted by Crippen LogP contribution is -2.05. The Morgan fingerprint density at radius 1 is 1.33 bits per heavy atom. The zero-order valence-electron chi connectivity index (χ0n) is 10.7. The second kappa shape index (κ2) is 6.51. The first kappa shape index (κ1) is 15.2. The Bertz CT molecular complexity index is 683. The van der Waals surface area contributed by atoms with Crippen molar-refractivity contribution in [2.75, 3.05) is 11.9 Å². The Hall–Kier alpha value is -2.19. The van der Waals surface area contributed by atoms with Crippen molar-refractivity contribution in [1.82, 2.24) is 15.0 Å². The number of hydrogen-bond donors (Lipinski definition) is 1. The molecule has 0 atom stereocenters. The monoisotopic (exact) mass is 329 g/mol. The Morgan fingerprint density at radius 3 is 2.76 bits per heavy atom. The average molecular weight is 330 g/mol. The van der Waals surface area contributed by atoms with Crippen LogP contribution in [0.2, 0.25) is 10.3 Å². The molecule has 0 bridgehead atoms. The fourth-order valence-corrected chi connectivity index (χ4v) is 1.75. The van der Waals surface area contributed by atoms with Crippen molar-refractivity contribution in [1.29, 1.82) is 0 Å². The van der Waals surface area contributed by atoms with Gasteiger partial charge in [-0.3, -0.25) is 10.1 Å². The van der Waals surface area contributed by atoms with Crippen molar-refractivity contribution in [3.8, 4) is 11.8 Å². The van der Waals surface area contributed by atoms with E-state index in [2.05, 4.69) is 20.3 Å². The molecule has 0 amide bonds. The lowest BCUT2D eigenvalue weighted by atomic mass is 10.3. The molecule has 0 spiro atoms. The molecule has 0 unspecified atom stereocenters. The smallest absolute Gasteiger partial charge is 0.328 e. The van der Waals surface area contributed by atoms with Crippen molar-refractivity contribution in [3.05, 3.63) is 38.6 Å². The molecule has 2 aromatic rings. The summed E-state index contributed by atoms with van der Waals surface area (Å²) in [6, 6.07) is 3.74. The first-order chi connectivity index (χ1) is 9.99. The molecule has 1 heterocycles. The van der Waals surface area contributed by atoms with E-state index >= 15 is 0 Å². The van der Waals surface area contributed by atoms with Gasteiger partial charge in [-0.15, -0.1) is 0 Å². The maximum atomic E-state index is 11.0. The van der Waals surface area contributed by atoms with Crippen molar-refractivity contribution in [3.63, 3.8) is 0 Å². The molecule has 0 aliphatic heterocycles. The van der Waals surface area contributed by atoms with Gasteiger partial charge in [0.05, 0.1) is 4.92 Å². The second-order valence-corrected chi connectivity index (χ2v) is 4.49. The van der Waals surface area contributed by atoms with Crippen molar-refractivity contribution >= 4 is 34.8 Å². The number of nitrogens with zero attached hydrogens (tertiary/aromatic N) is 4. The Morgan fingerprint density at radius 2 is 2.10 bits per heavy atom. The Kier molecular flexibility index (Phi) is 4.71. The topological polar surface area (TPSA) is 103 Å². The fraction of sp³-hybridized carbons (Fsp3) is 0.182. The fourth-order valence-electron chi connectivity index (χ4n) is 1.43. The molecule has 2 rings (SSSR count). The van der Waals surface area contributed by atoms with Gasteiger partial charge in [0.2, 0.25) is 17.0 Å². The molecule has 21 heavy (non-hydrogen) atoms. The van der Waals surface area contributed by atoms with Crippen LogP contribution < -0.4 is 10.1 Å². The largest absolute Gasteiger partial charge is 0.417 e. The zero-order chi connectivity index (χ0) is 15.4. The SMILES string of the molecule is CCNc1nc(Cl)nc(Oc2cc(Cl)ccc2[N+](=O)[O-])n1. The summed E-state index contributed by atoms with van der Waals surface area (Å²) in [6.45, 7) is 2.41. The molecule has 0 radical (unpaired) electrons. The highest BCUT2D eigenvalue weighted by molar-refractivity contribution is 6.30. The second-order valence-electron chi connectivity index (χ2n) is 3.71. The minimum atomic E-state index is -0.598. The molecule has 1 N–H and O–H groups in total. The molecule has 8 nitrogen and oxygen atoms in total. The number of anilines is 1. The molecular weight excluding hydrogens is 321 g/mol. The van der Waals surface area contributed by atoms with E-state index in [-0.39, 0.29) is 33.7 Å². The lowest BCUT2D eigenvalue weighted by Gasteiger charge is -2.07. The van der Waals surface area contributed by atoms with Gasteiger partial charge >= 0.3 is 11.7 Å². The van der Waals surface area contributed by atoms with Gasteiger partial charge in [-0.25, -0.2) is 0 Å². The summed E-state index contributed by atoms with van der Waals surface area (Å²) in [7, 11) is 0.